The standard InChI is InChI=1S/C26H29N3O/c1-17(26-12-18-9-19(13-26)11-20(10-18)14-26)29-25(30)22(15-27)16-28-24-8-4-6-21-5-2-3-7-23(21)24/h2-8,16-20,28H,9-14H2,1H3,(H,29,30)/b22-16-. The van der Waals surface area contributed by atoms with Crippen LogP contribution in [0, 0.1) is 34.5 Å². The van der Waals surface area contributed by atoms with E-state index in [1.165, 1.54) is 38.5 Å². The molecule has 0 heterocycles. The first-order chi connectivity index (χ1) is 14.6. The highest BCUT2D eigenvalue weighted by molar-refractivity contribution is 5.99. The maximum Gasteiger partial charge on any atom is 0.263 e. The van der Waals surface area contributed by atoms with Crippen molar-refractivity contribution in [3.05, 3.63) is 54.2 Å². The Bertz CT molecular complexity index is 1010. The van der Waals surface area contributed by atoms with Gasteiger partial charge in [0.05, 0.1) is 0 Å². The molecule has 0 aromatic heterocycles. The Morgan fingerprint density at radius 1 is 1.07 bits per heavy atom. The van der Waals surface area contributed by atoms with Crippen LogP contribution in [-0.4, -0.2) is 11.9 Å². The predicted molar refractivity (Wildman–Crippen MR) is 119 cm³/mol. The highest BCUT2D eigenvalue weighted by atomic mass is 16.1. The van der Waals surface area contributed by atoms with Crippen molar-refractivity contribution in [1.29, 1.82) is 5.26 Å². The minimum Gasteiger partial charge on any atom is -0.360 e. The van der Waals surface area contributed by atoms with E-state index in [9.17, 15) is 10.1 Å². The van der Waals surface area contributed by atoms with Gasteiger partial charge in [0.1, 0.15) is 11.6 Å². The summed E-state index contributed by atoms with van der Waals surface area (Å²) in [6.07, 6.45) is 9.42. The maximum absolute atomic E-state index is 12.9. The first-order valence-corrected chi connectivity index (χ1v) is 11.2. The fourth-order valence-corrected chi connectivity index (χ4v) is 6.79. The molecule has 4 fully saturated rings. The van der Waals surface area contributed by atoms with Gasteiger partial charge in [0.2, 0.25) is 0 Å². The lowest BCUT2D eigenvalue weighted by Gasteiger charge is -2.59. The molecule has 0 saturated heterocycles. The van der Waals surface area contributed by atoms with Crippen molar-refractivity contribution in [2.45, 2.75) is 51.5 Å². The van der Waals surface area contributed by atoms with Crippen molar-refractivity contribution in [3.63, 3.8) is 0 Å². The van der Waals surface area contributed by atoms with E-state index in [0.29, 0.717) is 0 Å². The predicted octanol–water partition coefficient (Wildman–Crippen LogP) is 5.38. The first-order valence-electron chi connectivity index (χ1n) is 11.2. The van der Waals surface area contributed by atoms with E-state index in [-0.39, 0.29) is 22.9 Å². The molecule has 6 rings (SSSR count). The normalized spacial score (nSPS) is 30.7. The van der Waals surface area contributed by atoms with Crippen LogP contribution in [0.5, 0.6) is 0 Å². The molecule has 4 aliphatic rings. The Labute approximate surface area is 178 Å². The van der Waals surface area contributed by atoms with Crippen LogP contribution in [0.4, 0.5) is 5.69 Å². The smallest absolute Gasteiger partial charge is 0.263 e. The van der Waals surface area contributed by atoms with Gasteiger partial charge in [-0.2, -0.15) is 5.26 Å². The number of anilines is 1. The second-order valence-electron chi connectivity index (χ2n) is 9.82. The summed E-state index contributed by atoms with van der Waals surface area (Å²) in [6.45, 7) is 2.15. The molecule has 2 aromatic carbocycles. The van der Waals surface area contributed by atoms with Gasteiger partial charge >= 0.3 is 0 Å². The third-order valence-corrected chi connectivity index (χ3v) is 7.88. The Morgan fingerprint density at radius 2 is 1.70 bits per heavy atom. The molecular formula is C26H29N3O. The first kappa shape index (κ1) is 19.2. The Kier molecular flexibility index (Phi) is 4.77. The number of amides is 1. The van der Waals surface area contributed by atoms with Gasteiger partial charge in [0, 0.05) is 23.3 Å². The van der Waals surface area contributed by atoms with E-state index in [1.807, 2.05) is 30.3 Å². The minimum atomic E-state index is -0.270. The van der Waals surface area contributed by atoms with Crippen molar-refractivity contribution in [2.24, 2.45) is 23.2 Å². The van der Waals surface area contributed by atoms with E-state index in [1.54, 1.807) is 6.20 Å². The summed E-state index contributed by atoms with van der Waals surface area (Å²) in [5, 5.41) is 18.2. The monoisotopic (exact) mass is 399 g/mol. The molecule has 1 amide bonds. The summed E-state index contributed by atoms with van der Waals surface area (Å²) in [7, 11) is 0. The number of carbonyl (C=O) groups is 1. The minimum absolute atomic E-state index is 0.104. The highest BCUT2D eigenvalue weighted by Crippen LogP contribution is 2.61. The number of nitrogens with one attached hydrogen (secondary N) is 2. The van der Waals surface area contributed by atoms with Crippen molar-refractivity contribution in [3.8, 4) is 6.07 Å². The second kappa shape index (κ2) is 7.47. The van der Waals surface area contributed by atoms with Gasteiger partial charge in [-0.3, -0.25) is 4.79 Å². The molecule has 4 aliphatic carbocycles. The molecule has 2 N–H and O–H groups in total. The van der Waals surface area contributed by atoms with Crippen LogP contribution < -0.4 is 10.6 Å². The molecule has 154 valence electrons. The molecule has 0 aliphatic heterocycles. The van der Waals surface area contributed by atoms with Gasteiger partial charge in [0.15, 0.2) is 0 Å². The van der Waals surface area contributed by atoms with Crippen LogP contribution >= 0.6 is 0 Å². The van der Waals surface area contributed by atoms with Crippen LogP contribution in [0.2, 0.25) is 0 Å². The average molecular weight is 400 g/mol. The van der Waals surface area contributed by atoms with E-state index >= 15 is 0 Å². The zero-order chi connectivity index (χ0) is 20.7. The number of rotatable bonds is 5. The Balaban J connectivity index is 1.30. The van der Waals surface area contributed by atoms with Crippen LogP contribution in [0.1, 0.15) is 45.4 Å². The molecule has 4 nitrogen and oxygen atoms in total. The topological polar surface area (TPSA) is 64.9 Å². The zero-order valence-electron chi connectivity index (χ0n) is 17.5. The average Bonchev–Trinajstić information content (AvgIpc) is 2.73. The number of benzene rings is 2. The Hall–Kier alpha value is -2.80. The number of nitriles is 1. The summed E-state index contributed by atoms with van der Waals surface area (Å²) in [6, 6.07) is 16.3. The van der Waals surface area contributed by atoms with Crippen molar-refractivity contribution in [2.75, 3.05) is 5.32 Å². The molecule has 4 bridgehead atoms. The summed E-state index contributed by atoms with van der Waals surface area (Å²) in [4.78, 5) is 12.9. The molecule has 30 heavy (non-hydrogen) atoms. The van der Waals surface area contributed by atoms with Crippen LogP contribution in [0.15, 0.2) is 54.2 Å². The summed E-state index contributed by atoms with van der Waals surface area (Å²) in [5.41, 5.74) is 1.25. The fraction of sp³-hybridized carbons (Fsp3) is 0.462. The fourth-order valence-electron chi connectivity index (χ4n) is 6.79. The number of carbonyl (C=O) groups excluding carboxylic acids is 1. The summed E-state index contributed by atoms with van der Waals surface area (Å²) < 4.78 is 0. The number of hydrogen-bond acceptors (Lipinski definition) is 3. The quantitative estimate of drug-likeness (QED) is 0.524. The largest absolute Gasteiger partial charge is 0.360 e. The highest BCUT2D eigenvalue weighted by Gasteiger charge is 2.53. The van der Waals surface area contributed by atoms with Crippen molar-refractivity contribution >= 4 is 22.4 Å². The maximum atomic E-state index is 12.9. The van der Waals surface area contributed by atoms with Crippen LogP contribution in [0.3, 0.4) is 0 Å². The third-order valence-electron chi connectivity index (χ3n) is 7.88. The number of hydrogen-bond donors (Lipinski definition) is 2. The molecule has 2 aromatic rings. The zero-order valence-corrected chi connectivity index (χ0v) is 17.5. The van der Waals surface area contributed by atoms with Gasteiger partial charge in [0.25, 0.3) is 5.91 Å². The van der Waals surface area contributed by atoms with E-state index in [4.69, 9.17) is 0 Å². The molecule has 1 unspecified atom stereocenters. The third kappa shape index (κ3) is 3.37. The van der Waals surface area contributed by atoms with Gasteiger partial charge in [-0.1, -0.05) is 36.4 Å². The van der Waals surface area contributed by atoms with E-state index in [0.717, 1.165) is 34.2 Å². The van der Waals surface area contributed by atoms with Crippen molar-refractivity contribution in [1.82, 2.24) is 5.32 Å². The lowest BCUT2D eigenvalue weighted by Crippen LogP contribution is -2.56. The van der Waals surface area contributed by atoms with Gasteiger partial charge < -0.3 is 10.6 Å². The van der Waals surface area contributed by atoms with Crippen molar-refractivity contribution < 1.29 is 4.79 Å². The summed E-state index contributed by atoms with van der Waals surface area (Å²) >= 11 is 0. The number of fused-ring (bicyclic) bond motifs is 1. The second-order valence-corrected chi connectivity index (χ2v) is 9.82. The molecular weight excluding hydrogens is 370 g/mol. The SMILES string of the molecule is CC(NC(=O)/C(C#N)=C\Nc1cccc2ccccc12)C12CC3CC(CC(C3)C1)C2. The van der Waals surface area contributed by atoms with E-state index < -0.39 is 0 Å². The van der Waals surface area contributed by atoms with Gasteiger partial charge in [-0.15, -0.1) is 0 Å². The lowest BCUT2D eigenvalue weighted by molar-refractivity contribution is -0.122. The molecule has 4 heteroatoms. The summed E-state index contributed by atoms with van der Waals surface area (Å²) in [5.74, 6) is 2.26. The molecule has 0 spiro atoms. The Morgan fingerprint density at radius 3 is 2.37 bits per heavy atom. The lowest BCUT2D eigenvalue weighted by atomic mass is 9.48. The van der Waals surface area contributed by atoms with Crippen LogP contribution in [0.25, 0.3) is 10.8 Å². The number of nitrogens with zero attached hydrogens (tertiary/aromatic N) is 1. The molecule has 1 atom stereocenters. The van der Waals surface area contributed by atoms with E-state index in [2.05, 4.69) is 35.8 Å². The van der Waals surface area contributed by atoms with Crippen LogP contribution in [-0.2, 0) is 4.79 Å². The van der Waals surface area contributed by atoms with Gasteiger partial charge in [-0.25, -0.2) is 0 Å². The van der Waals surface area contributed by atoms with Gasteiger partial charge in [-0.05, 0) is 80.1 Å². The molecule has 0 radical (unpaired) electrons. The molecule has 4 saturated carbocycles.